The molecule has 3 rings (SSSR count). The molecule has 2 unspecified atom stereocenters. The van der Waals surface area contributed by atoms with Gasteiger partial charge in [-0.3, -0.25) is 14.4 Å². The van der Waals surface area contributed by atoms with Crippen LogP contribution >= 0.6 is 11.8 Å². The van der Waals surface area contributed by atoms with Gasteiger partial charge in [-0.1, -0.05) is 26.0 Å². The molecule has 8 nitrogen and oxygen atoms in total. The number of nitrogens with one attached hydrogen (secondary N) is 3. The van der Waals surface area contributed by atoms with Gasteiger partial charge in [0.05, 0.1) is 0 Å². The molecule has 0 radical (unpaired) electrons. The summed E-state index contributed by atoms with van der Waals surface area (Å²) in [5.41, 5.74) is 7.52. The van der Waals surface area contributed by atoms with Gasteiger partial charge in [-0.15, -0.1) is 11.8 Å². The van der Waals surface area contributed by atoms with Crippen molar-refractivity contribution in [2.24, 2.45) is 11.7 Å². The van der Waals surface area contributed by atoms with Crippen LogP contribution in [0.4, 0.5) is 18.9 Å². The molecule has 0 spiro atoms. The first-order valence-electron chi connectivity index (χ1n) is 13.2. The number of carbonyl (C=O) groups excluding carboxylic acids is 3. The number of benzene rings is 2. The Morgan fingerprint density at radius 3 is 2.38 bits per heavy atom. The molecule has 1 fully saturated rings. The number of carbonyl (C=O) groups is 3. The lowest BCUT2D eigenvalue weighted by Gasteiger charge is -2.24. The summed E-state index contributed by atoms with van der Waals surface area (Å²) in [6.07, 6.45) is -0.330. The number of hydrogen-bond acceptors (Lipinski definition) is 6. The average molecular weight is 580 g/mol. The van der Waals surface area contributed by atoms with E-state index in [1.807, 2.05) is 45.0 Å². The van der Waals surface area contributed by atoms with Gasteiger partial charge >= 0.3 is 0 Å². The van der Waals surface area contributed by atoms with E-state index in [9.17, 15) is 27.6 Å². The lowest BCUT2D eigenvalue weighted by Crippen LogP contribution is -2.46. The number of halogens is 3. The molecule has 1 heterocycles. The fraction of sp³-hybridized carbons (Fsp3) is 0.464. The van der Waals surface area contributed by atoms with Crippen LogP contribution in [0.5, 0.6) is 0 Å². The van der Waals surface area contributed by atoms with Crippen LogP contribution in [0.2, 0.25) is 0 Å². The van der Waals surface area contributed by atoms with Crippen molar-refractivity contribution in [3.8, 4) is 0 Å². The van der Waals surface area contributed by atoms with Gasteiger partial charge in [-0.05, 0) is 48.6 Å². The van der Waals surface area contributed by atoms with Gasteiger partial charge in [0, 0.05) is 49.6 Å². The number of thioether (sulfide) groups is 1. The molecule has 0 saturated carbocycles. The molecule has 1 aliphatic rings. The van der Waals surface area contributed by atoms with Gasteiger partial charge in [0.15, 0.2) is 17.0 Å². The third kappa shape index (κ3) is 8.37. The summed E-state index contributed by atoms with van der Waals surface area (Å²) in [4.78, 5) is 39.5. The SMILES string of the molecule is CCNC(=O)C(Nc1ccc(CNC(=O)[C@@H]2SCCN2C(=O)CC(N)Cc2cc(F)c(F)cc2F)cc1)C(C)C. The van der Waals surface area contributed by atoms with Crippen molar-refractivity contribution in [1.82, 2.24) is 15.5 Å². The second-order valence-corrected chi connectivity index (χ2v) is 11.2. The van der Waals surface area contributed by atoms with Gasteiger partial charge in [0.25, 0.3) is 5.91 Å². The van der Waals surface area contributed by atoms with Crippen molar-refractivity contribution < 1.29 is 27.6 Å². The van der Waals surface area contributed by atoms with Gasteiger partial charge < -0.3 is 26.6 Å². The van der Waals surface area contributed by atoms with Crippen molar-refractivity contribution in [3.63, 3.8) is 0 Å². The molecule has 3 atom stereocenters. The standard InChI is InChI=1S/C28H36F3N5O3S/c1-4-33-26(38)25(16(2)3)35-20-7-5-17(6-8-20)15-34-27(39)28-36(9-10-40-28)24(37)13-19(32)11-18-12-22(30)23(31)14-21(18)29/h5-8,12,14,16,19,25,28,35H,4,9-11,13,15,32H2,1-3H3,(H,33,38)(H,34,39)/t19?,25?,28-/m0/s1. The van der Waals surface area contributed by atoms with E-state index in [2.05, 4.69) is 16.0 Å². The summed E-state index contributed by atoms with van der Waals surface area (Å²) in [5.74, 6) is -3.52. The van der Waals surface area contributed by atoms with Gasteiger partial charge in [-0.25, -0.2) is 13.2 Å². The molecular weight excluding hydrogens is 543 g/mol. The van der Waals surface area contributed by atoms with Crippen molar-refractivity contribution in [2.45, 2.75) is 57.6 Å². The molecule has 0 bridgehead atoms. The fourth-order valence-electron chi connectivity index (χ4n) is 4.35. The van der Waals surface area contributed by atoms with Crippen LogP contribution in [0, 0.1) is 23.4 Å². The Hall–Kier alpha value is -3.25. The maximum atomic E-state index is 14.0. The highest BCUT2D eigenvalue weighted by Gasteiger charge is 2.35. The predicted molar refractivity (Wildman–Crippen MR) is 150 cm³/mol. The Balaban J connectivity index is 1.52. The molecular formula is C28H36F3N5O3S. The van der Waals surface area contributed by atoms with Gasteiger partial charge in [-0.2, -0.15) is 0 Å². The summed E-state index contributed by atoms with van der Waals surface area (Å²) in [6.45, 7) is 6.95. The van der Waals surface area contributed by atoms with Crippen molar-refractivity contribution in [3.05, 3.63) is 65.0 Å². The summed E-state index contributed by atoms with van der Waals surface area (Å²) >= 11 is 1.33. The lowest BCUT2D eigenvalue weighted by molar-refractivity contribution is -0.136. The highest BCUT2D eigenvalue weighted by Crippen LogP contribution is 2.25. The van der Waals surface area contributed by atoms with Crippen LogP contribution in [0.15, 0.2) is 36.4 Å². The first-order chi connectivity index (χ1) is 19.0. The Morgan fingerprint density at radius 1 is 1.05 bits per heavy atom. The summed E-state index contributed by atoms with van der Waals surface area (Å²) in [7, 11) is 0. The molecule has 1 aliphatic heterocycles. The molecule has 1 saturated heterocycles. The van der Waals surface area contributed by atoms with Crippen LogP contribution in [0.1, 0.15) is 38.3 Å². The first kappa shape index (κ1) is 31.3. The highest BCUT2D eigenvalue weighted by molar-refractivity contribution is 8.00. The Bertz CT molecular complexity index is 1200. The zero-order chi connectivity index (χ0) is 29.4. The molecule has 3 amide bonds. The molecule has 2 aromatic rings. The number of nitrogens with two attached hydrogens (primary N) is 1. The topological polar surface area (TPSA) is 117 Å². The van der Waals surface area contributed by atoms with Crippen LogP contribution < -0.4 is 21.7 Å². The third-order valence-corrected chi connectivity index (χ3v) is 7.69. The number of nitrogens with zero attached hydrogens (tertiary/aromatic N) is 1. The molecule has 5 N–H and O–H groups in total. The average Bonchev–Trinajstić information content (AvgIpc) is 3.40. The molecule has 12 heteroatoms. The fourth-order valence-corrected chi connectivity index (χ4v) is 5.52. The maximum absolute atomic E-state index is 14.0. The number of rotatable bonds is 12. The zero-order valence-corrected chi connectivity index (χ0v) is 23.6. The molecule has 218 valence electrons. The van der Waals surface area contributed by atoms with Crippen LogP contribution in [-0.2, 0) is 27.3 Å². The van der Waals surface area contributed by atoms with Crippen molar-refractivity contribution >= 4 is 35.2 Å². The summed E-state index contributed by atoms with van der Waals surface area (Å²) < 4.78 is 40.6. The van der Waals surface area contributed by atoms with Crippen LogP contribution in [0.3, 0.4) is 0 Å². The van der Waals surface area contributed by atoms with E-state index in [-0.39, 0.29) is 54.6 Å². The monoisotopic (exact) mass is 579 g/mol. The minimum atomic E-state index is -1.29. The van der Waals surface area contributed by atoms with E-state index < -0.39 is 28.9 Å². The second-order valence-electron chi connectivity index (χ2n) is 10.0. The van der Waals surface area contributed by atoms with Gasteiger partial charge in [0.1, 0.15) is 11.9 Å². The third-order valence-electron chi connectivity index (χ3n) is 6.49. The van der Waals surface area contributed by atoms with E-state index >= 15 is 0 Å². The molecule has 0 aliphatic carbocycles. The number of hydrogen-bond donors (Lipinski definition) is 4. The molecule has 40 heavy (non-hydrogen) atoms. The lowest BCUT2D eigenvalue weighted by atomic mass is 10.0. The zero-order valence-electron chi connectivity index (χ0n) is 22.8. The van der Waals surface area contributed by atoms with Crippen LogP contribution in [0.25, 0.3) is 0 Å². The van der Waals surface area contributed by atoms with E-state index in [4.69, 9.17) is 5.73 Å². The highest BCUT2D eigenvalue weighted by atomic mass is 32.2. The van der Waals surface area contributed by atoms with Crippen molar-refractivity contribution in [2.75, 3.05) is 24.2 Å². The predicted octanol–water partition coefficient (Wildman–Crippen LogP) is 3.15. The maximum Gasteiger partial charge on any atom is 0.253 e. The minimum Gasteiger partial charge on any atom is -0.373 e. The summed E-state index contributed by atoms with van der Waals surface area (Å²) in [6, 6.07) is 7.35. The molecule has 2 aromatic carbocycles. The normalized spacial score (nSPS) is 16.5. The van der Waals surface area contributed by atoms with Gasteiger partial charge in [0.2, 0.25) is 11.8 Å². The Labute approximate surface area is 236 Å². The van der Waals surface area contributed by atoms with E-state index in [1.54, 1.807) is 0 Å². The van der Waals surface area contributed by atoms with E-state index in [0.717, 1.165) is 17.3 Å². The van der Waals surface area contributed by atoms with E-state index in [1.165, 1.54) is 16.7 Å². The number of likely N-dealkylation sites (N-methyl/N-ethyl adjacent to an activating group) is 1. The first-order valence-corrected chi connectivity index (χ1v) is 14.3. The van der Waals surface area contributed by atoms with Crippen LogP contribution in [-0.4, -0.2) is 58.9 Å². The second kappa shape index (κ2) is 14.4. The number of amides is 3. The molecule has 0 aromatic heterocycles. The largest absolute Gasteiger partial charge is 0.373 e. The number of anilines is 1. The quantitative estimate of drug-likeness (QED) is 0.287. The summed E-state index contributed by atoms with van der Waals surface area (Å²) in [5, 5.41) is 8.20. The Morgan fingerprint density at radius 2 is 1.73 bits per heavy atom. The smallest absolute Gasteiger partial charge is 0.253 e. The Kier molecular flexibility index (Phi) is 11.3. The van der Waals surface area contributed by atoms with Crippen molar-refractivity contribution in [1.29, 1.82) is 0 Å². The van der Waals surface area contributed by atoms with E-state index in [0.29, 0.717) is 24.9 Å². The minimum absolute atomic E-state index is 0.0699.